The second-order valence-electron chi connectivity index (χ2n) is 10.0. The van der Waals surface area contributed by atoms with Crippen LogP contribution in [0.15, 0.2) is 12.1 Å². The Balaban J connectivity index is 1.32. The number of hydrogen-bond donors (Lipinski definition) is 2. The summed E-state index contributed by atoms with van der Waals surface area (Å²) in [5, 5.41) is 11.7. The van der Waals surface area contributed by atoms with Gasteiger partial charge in [-0.2, -0.15) is 5.10 Å². The van der Waals surface area contributed by atoms with Crippen LogP contribution < -0.4 is 10.6 Å². The van der Waals surface area contributed by atoms with Crippen molar-refractivity contribution >= 4 is 22.7 Å². The van der Waals surface area contributed by atoms with E-state index in [-0.39, 0.29) is 17.7 Å². The van der Waals surface area contributed by atoms with E-state index in [2.05, 4.69) is 34.6 Å². The van der Waals surface area contributed by atoms with Crippen LogP contribution in [0.4, 0.5) is 0 Å². The van der Waals surface area contributed by atoms with Gasteiger partial charge in [-0.25, -0.2) is 0 Å². The molecular formula is C25H35N5O2. The summed E-state index contributed by atoms with van der Waals surface area (Å²) in [7, 11) is 1.96. The summed E-state index contributed by atoms with van der Waals surface area (Å²) in [6.07, 6.45) is 5.94. The van der Waals surface area contributed by atoms with E-state index in [4.69, 9.17) is 5.10 Å². The van der Waals surface area contributed by atoms with Crippen LogP contribution in [0.2, 0.25) is 0 Å². The average Bonchev–Trinajstić information content (AvgIpc) is 3.09. The largest absolute Gasteiger partial charge is 0.317 e. The molecule has 4 heterocycles. The molecule has 7 nitrogen and oxygen atoms in total. The highest BCUT2D eigenvalue weighted by molar-refractivity contribution is 6.02. The number of carbonyl (C=O) groups excluding carboxylic acids is 2. The van der Waals surface area contributed by atoms with E-state index in [0.29, 0.717) is 18.8 Å². The molecule has 2 N–H and O–H groups in total. The predicted molar refractivity (Wildman–Crippen MR) is 125 cm³/mol. The lowest BCUT2D eigenvalue weighted by molar-refractivity contribution is -0.134. The third-order valence-electron chi connectivity index (χ3n) is 7.84. The zero-order chi connectivity index (χ0) is 22.2. The highest BCUT2D eigenvalue weighted by Gasteiger charge is 2.32. The van der Waals surface area contributed by atoms with Gasteiger partial charge >= 0.3 is 0 Å². The first-order valence-corrected chi connectivity index (χ1v) is 12.2. The number of likely N-dealkylation sites (tertiary alicyclic amines) is 1. The van der Waals surface area contributed by atoms with Crippen molar-refractivity contribution in [2.45, 2.75) is 57.3 Å². The molecule has 0 saturated carbocycles. The molecule has 3 saturated heterocycles. The second-order valence-corrected chi connectivity index (χ2v) is 10.0. The molecule has 3 fully saturated rings. The van der Waals surface area contributed by atoms with Crippen molar-refractivity contribution in [1.29, 1.82) is 0 Å². The van der Waals surface area contributed by atoms with E-state index >= 15 is 0 Å². The second kappa shape index (κ2) is 8.94. The molecule has 3 aliphatic rings. The number of imide groups is 1. The first-order chi connectivity index (χ1) is 15.5. The maximum absolute atomic E-state index is 12.4. The molecule has 2 aromatic rings. The van der Waals surface area contributed by atoms with Gasteiger partial charge in [0.25, 0.3) is 0 Å². The van der Waals surface area contributed by atoms with Crippen molar-refractivity contribution in [3.8, 4) is 0 Å². The van der Waals surface area contributed by atoms with Crippen molar-refractivity contribution in [2.24, 2.45) is 13.0 Å². The van der Waals surface area contributed by atoms with Gasteiger partial charge in [-0.3, -0.25) is 19.6 Å². The molecule has 0 radical (unpaired) electrons. The number of amides is 2. The lowest BCUT2D eigenvalue weighted by atomic mass is 9.84. The molecule has 0 spiro atoms. The average molecular weight is 438 g/mol. The maximum atomic E-state index is 12.4. The van der Waals surface area contributed by atoms with E-state index < -0.39 is 0 Å². The van der Waals surface area contributed by atoms with Crippen LogP contribution in [0.5, 0.6) is 0 Å². The quantitative estimate of drug-likeness (QED) is 0.719. The fourth-order valence-electron chi connectivity index (χ4n) is 5.96. The number of benzene rings is 1. The van der Waals surface area contributed by atoms with Crippen LogP contribution in [-0.4, -0.2) is 59.2 Å². The normalized spacial score (nSPS) is 24.2. The Hall–Kier alpha value is -2.25. The molecule has 0 bridgehead atoms. The van der Waals surface area contributed by atoms with Crippen LogP contribution in [-0.2, 0) is 16.6 Å². The highest BCUT2D eigenvalue weighted by Crippen LogP contribution is 2.36. The Kier molecular flexibility index (Phi) is 6.03. The Labute approximate surface area is 189 Å². The number of aromatic nitrogens is 2. The molecule has 7 heteroatoms. The Morgan fingerprint density at radius 3 is 2.53 bits per heavy atom. The van der Waals surface area contributed by atoms with Crippen LogP contribution in [0.25, 0.3) is 10.9 Å². The molecule has 5 rings (SSSR count). The first kappa shape index (κ1) is 21.6. The molecule has 1 aromatic heterocycles. The number of piperidine rings is 3. The summed E-state index contributed by atoms with van der Waals surface area (Å²) in [6.45, 7) is 8.15. The summed E-state index contributed by atoms with van der Waals surface area (Å²) in [5.74, 6) is 0.684. The standard InChI is InChI=1S/C25H35N5O2/c1-16-13-21-22(29(2)28-24(21)19-3-4-23(31)27-25(19)32)14-20(16)18-7-11-30(12-8-18)15-17-5-9-26-10-6-17/h13-14,17-19,26H,3-12,15H2,1-2H3,(H,27,31,32). The SMILES string of the molecule is Cc1cc2c(C3CCC(=O)NC3=O)nn(C)c2cc1C1CCN(CC2CCNCC2)CC1. The van der Waals surface area contributed by atoms with Crippen molar-refractivity contribution in [1.82, 2.24) is 25.3 Å². The van der Waals surface area contributed by atoms with Gasteiger partial charge in [0, 0.05) is 25.4 Å². The number of nitrogens with one attached hydrogen (secondary N) is 2. The molecule has 1 unspecified atom stereocenters. The molecule has 1 aromatic carbocycles. The zero-order valence-corrected chi connectivity index (χ0v) is 19.3. The fourth-order valence-corrected chi connectivity index (χ4v) is 5.96. The summed E-state index contributed by atoms with van der Waals surface area (Å²) in [6, 6.07) is 4.53. The number of fused-ring (bicyclic) bond motifs is 1. The lowest BCUT2D eigenvalue weighted by Crippen LogP contribution is -2.40. The van der Waals surface area contributed by atoms with Crippen molar-refractivity contribution in [3.05, 3.63) is 29.0 Å². The topological polar surface area (TPSA) is 79.3 Å². The highest BCUT2D eigenvalue weighted by atomic mass is 16.2. The minimum Gasteiger partial charge on any atom is -0.317 e. The van der Waals surface area contributed by atoms with Crippen LogP contribution in [0.1, 0.15) is 67.2 Å². The van der Waals surface area contributed by atoms with Crippen molar-refractivity contribution in [3.63, 3.8) is 0 Å². The summed E-state index contributed by atoms with van der Waals surface area (Å²) < 4.78 is 1.91. The third-order valence-corrected chi connectivity index (χ3v) is 7.84. The molecule has 3 aliphatic heterocycles. The van der Waals surface area contributed by atoms with Gasteiger partial charge in [-0.1, -0.05) is 0 Å². The predicted octanol–water partition coefficient (Wildman–Crippen LogP) is 2.58. The molecule has 32 heavy (non-hydrogen) atoms. The van der Waals surface area contributed by atoms with E-state index in [1.54, 1.807) is 0 Å². The summed E-state index contributed by atoms with van der Waals surface area (Å²) >= 11 is 0. The summed E-state index contributed by atoms with van der Waals surface area (Å²) in [5.41, 5.74) is 4.61. The molecule has 1 atom stereocenters. The number of carbonyl (C=O) groups is 2. The lowest BCUT2D eigenvalue weighted by Gasteiger charge is -2.36. The van der Waals surface area contributed by atoms with Gasteiger partial charge in [-0.05, 0) is 100 Å². The van der Waals surface area contributed by atoms with E-state index in [1.807, 2.05) is 11.7 Å². The number of hydrogen-bond acceptors (Lipinski definition) is 5. The monoisotopic (exact) mass is 437 g/mol. The van der Waals surface area contributed by atoms with Crippen molar-refractivity contribution in [2.75, 3.05) is 32.7 Å². The Morgan fingerprint density at radius 1 is 1.06 bits per heavy atom. The fraction of sp³-hybridized carbons (Fsp3) is 0.640. The van der Waals surface area contributed by atoms with E-state index in [9.17, 15) is 9.59 Å². The van der Waals surface area contributed by atoms with E-state index in [1.165, 1.54) is 69.5 Å². The minimum absolute atomic E-state index is 0.184. The molecular weight excluding hydrogens is 402 g/mol. The Morgan fingerprint density at radius 2 is 1.81 bits per heavy atom. The van der Waals surface area contributed by atoms with Gasteiger partial charge in [0.1, 0.15) is 0 Å². The van der Waals surface area contributed by atoms with Crippen LogP contribution in [0.3, 0.4) is 0 Å². The van der Waals surface area contributed by atoms with Gasteiger partial charge in [0.15, 0.2) is 0 Å². The third kappa shape index (κ3) is 4.20. The maximum Gasteiger partial charge on any atom is 0.235 e. The van der Waals surface area contributed by atoms with Gasteiger partial charge in [0.05, 0.1) is 17.1 Å². The molecule has 172 valence electrons. The number of nitrogens with zero attached hydrogens (tertiary/aromatic N) is 3. The summed E-state index contributed by atoms with van der Waals surface area (Å²) in [4.78, 5) is 26.7. The van der Waals surface area contributed by atoms with Crippen molar-refractivity contribution < 1.29 is 9.59 Å². The molecule has 2 amide bonds. The van der Waals surface area contributed by atoms with Gasteiger partial charge in [0.2, 0.25) is 11.8 Å². The van der Waals surface area contributed by atoms with Crippen LogP contribution >= 0.6 is 0 Å². The smallest absolute Gasteiger partial charge is 0.235 e. The number of rotatable bonds is 4. The zero-order valence-electron chi connectivity index (χ0n) is 19.3. The first-order valence-electron chi connectivity index (χ1n) is 12.2. The minimum atomic E-state index is -0.347. The van der Waals surface area contributed by atoms with E-state index in [0.717, 1.165) is 22.5 Å². The van der Waals surface area contributed by atoms with Crippen LogP contribution in [0, 0.1) is 12.8 Å². The Bertz CT molecular complexity index is 1010. The molecule has 0 aliphatic carbocycles. The number of aryl methyl sites for hydroxylation is 2. The van der Waals surface area contributed by atoms with Gasteiger partial charge in [-0.15, -0.1) is 0 Å². The van der Waals surface area contributed by atoms with Gasteiger partial charge < -0.3 is 10.2 Å².